The zero-order valence-electron chi connectivity index (χ0n) is 12.1. The van der Waals surface area contributed by atoms with Crippen LogP contribution in [0.5, 0.6) is 0 Å². The molecule has 19 heavy (non-hydrogen) atoms. The molecule has 1 N–H and O–H groups in total. The first kappa shape index (κ1) is 14.9. The largest absolute Gasteiger partial charge is 0.311 e. The molecule has 1 atom stereocenters. The van der Waals surface area contributed by atoms with Crippen molar-refractivity contribution in [1.29, 1.82) is 0 Å². The van der Waals surface area contributed by atoms with Gasteiger partial charge in [-0.15, -0.1) is 0 Å². The van der Waals surface area contributed by atoms with Crippen LogP contribution in [0, 0.1) is 0 Å². The van der Waals surface area contributed by atoms with E-state index >= 15 is 0 Å². The summed E-state index contributed by atoms with van der Waals surface area (Å²) in [6.45, 7) is 10.0. The van der Waals surface area contributed by atoms with Crippen molar-refractivity contribution in [2.45, 2.75) is 51.7 Å². The predicted octanol–water partition coefficient (Wildman–Crippen LogP) is 3.20. The van der Waals surface area contributed by atoms with Crippen molar-refractivity contribution in [3.8, 4) is 0 Å². The van der Waals surface area contributed by atoms with Crippen LogP contribution in [0.2, 0.25) is 0 Å². The lowest BCUT2D eigenvalue weighted by Gasteiger charge is -2.49. The van der Waals surface area contributed by atoms with E-state index in [1.165, 1.54) is 18.4 Å². The lowest BCUT2D eigenvalue weighted by atomic mass is 9.87. The van der Waals surface area contributed by atoms with E-state index in [0.717, 1.165) is 24.1 Å². The Kier molecular flexibility index (Phi) is 4.98. The van der Waals surface area contributed by atoms with Gasteiger partial charge in [-0.3, -0.25) is 9.88 Å². The van der Waals surface area contributed by atoms with Gasteiger partial charge in [0.2, 0.25) is 0 Å². The number of pyridine rings is 1. The van der Waals surface area contributed by atoms with Gasteiger partial charge in [-0.25, -0.2) is 0 Å². The maximum Gasteiger partial charge on any atom is 0.0410 e. The Bertz CT molecular complexity index is 418. The molecule has 1 aliphatic heterocycles. The minimum absolute atomic E-state index is 0.287. The van der Waals surface area contributed by atoms with Gasteiger partial charge < -0.3 is 5.32 Å². The standard InChI is InChI=1S/C15H24BrN3/c1-4-15(5-2)11-18-12(3)9-19(15)10-13-6-14(16)8-17-7-13/h6-8,12,18H,4-5,9-11H2,1-3H3. The van der Waals surface area contributed by atoms with Crippen LogP contribution in [0.1, 0.15) is 39.2 Å². The van der Waals surface area contributed by atoms with E-state index in [4.69, 9.17) is 0 Å². The van der Waals surface area contributed by atoms with Gasteiger partial charge in [-0.2, -0.15) is 0 Å². The van der Waals surface area contributed by atoms with Crippen LogP contribution < -0.4 is 5.32 Å². The number of halogens is 1. The number of piperazine rings is 1. The van der Waals surface area contributed by atoms with E-state index in [9.17, 15) is 0 Å². The molecule has 0 aromatic carbocycles. The van der Waals surface area contributed by atoms with E-state index in [1.807, 2.05) is 12.4 Å². The number of nitrogens with zero attached hydrogens (tertiary/aromatic N) is 2. The lowest BCUT2D eigenvalue weighted by molar-refractivity contribution is 0.0277. The van der Waals surface area contributed by atoms with Crippen molar-refractivity contribution in [3.63, 3.8) is 0 Å². The highest BCUT2D eigenvalue weighted by molar-refractivity contribution is 9.10. The van der Waals surface area contributed by atoms with Gasteiger partial charge in [0.25, 0.3) is 0 Å². The molecule has 1 aromatic rings. The second-order valence-electron chi connectivity index (χ2n) is 5.61. The first-order chi connectivity index (χ1) is 9.09. The van der Waals surface area contributed by atoms with Crippen molar-refractivity contribution in [2.75, 3.05) is 13.1 Å². The summed E-state index contributed by atoms with van der Waals surface area (Å²) < 4.78 is 1.06. The van der Waals surface area contributed by atoms with Crippen molar-refractivity contribution in [2.24, 2.45) is 0 Å². The molecule has 1 unspecified atom stereocenters. The normalized spacial score (nSPS) is 23.5. The third-order valence-electron chi connectivity index (χ3n) is 4.40. The third kappa shape index (κ3) is 3.36. The van der Waals surface area contributed by atoms with Crippen LogP contribution in [-0.2, 0) is 6.54 Å². The smallest absolute Gasteiger partial charge is 0.0410 e. The van der Waals surface area contributed by atoms with Gasteiger partial charge in [0.15, 0.2) is 0 Å². The highest BCUT2D eigenvalue weighted by Gasteiger charge is 2.37. The second kappa shape index (κ2) is 6.33. The molecule has 3 nitrogen and oxygen atoms in total. The third-order valence-corrected chi connectivity index (χ3v) is 4.83. The first-order valence-electron chi connectivity index (χ1n) is 7.17. The van der Waals surface area contributed by atoms with Crippen LogP contribution in [0.15, 0.2) is 22.9 Å². The molecule has 0 spiro atoms. The molecule has 0 saturated carbocycles. The molecule has 1 fully saturated rings. The molecular weight excluding hydrogens is 302 g/mol. The molecule has 1 saturated heterocycles. The molecule has 0 amide bonds. The van der Waals surface area contributed by atoms with Crippen LogP contribution in [0.4, 0.5) is 0 Å². The highest BCUT2D eigenvalue weighted by atomic mass is 79.9. The van der Waals surface area contributed by atoms with Crippen molar-refractivity contribution >= 4 is 15.9 Å². The van der Waals surface area contributed by atoms with Crippen LogP contribution in [0.3, 0.4) is 0 Å². The zero-order valence-corrected chi connectivity index (χ0v) is 13.7. The van der Waals surface area contributed by atoms with E-state index in [2.05, 4.69) is 58.0 Å². The molecule has 4 heteroatoms. The fourth-order valence-electron chi connectivity index (χ4n) is 3.01. The van der Waals surface area contributed by atoms with Gasteiger partial charge in [-0.1, -0.05) is 13.8 Å². The predicted molar refractivity (Wildman–Crippen MR) is 83.1 cm³/mol. The molecule has 1 aromatic heterocycles. The van der Waals surface area contributed by atoms with E-state index in [1.54, 1.807) is 0 Å². The maximum absolute atomic E-state index is 4.28. The summed E-state index contributed by atoms with van der Waals surface area (Å²) in [5, 5.41) is 3.64. The summed E-state index contributed by atoms with van der Waals surface area (Å²) in [7, 11) is 0. The molecule has 0 bridgehead atoms. The summed E-state index contributed by atoms with van der Waals surface area (Å²) in [6.07, 6.45) is 6.19. The number of hydrogen-bond donors (Lipinski definition) is 1. The maximum atomic E-state index is 4.28. The Labute approximate surface area is 124 Å². The quantitative estimate of drug-likeness (QED) is 0.921. The van der Waals surface area contributed by atoms with E-state index < -0.39 is 0 Å². The zero-order chi connectivity index (χ0) is 13.9. The second-order valence-corrected chi connectivity index (χ2v) is 6.52. The average Bonchev–Trinajstić information content (AvgIpc) is 2.40. The van der Waals surface area contributed by atoms with Gasteiger partial charge in [0.1, 0.15) is 0 Å². The Hall–Kier alpha value is -0.450. The number of nitrogens with one attached hydrogen (secondary N) is 1. The van der Waals surface area contributed by atoms with Crippen LogP contribution >= 0.6 is 15.9 Å². The molecule has 1 aliphatic rings. The van der Waals surface area contributed by atoms with E-state index in [-0.39, 0.29) is 5.54 Å². The molecule has 0 radical (unpaired) electrons. The minimum Gasteiger partial charge on any atom is -0.311 e. The van der Waals surface area contributed by atoms with Crippen molar-refractivity contribution in [3.05, 3.63) is 28.5 Å². The monoisotopic (exact) mass is 325 g/mol. The van der Waals surface area contributed by atoms with Gasteiger partial charge >= 0.3 is 0 Å². The summed E-state index contributed by atoms with van der Waals surface area (Å²) in [4.78, 5) is 6.92. The molecule has 2 heterocycles. The Morgan fingerprint density at radius 2 is 2.16 bits per heavy atom. The van der Waals surface area contributed by atoms with Crippen molar-refractivity contribution in [1.82, 2.24) is 15.2 Å². The first-order valence-corrected chi connectivity index (χ1v) is 7.97. The Morgan fingerprint density at radius 3 is 2.79 bits per heavy atom. The van der Waals surface area contributed by atoms with E-state index in [0.29, 0.717) is 6.04 Å². The summed E-state index contributed by atoms with van der Waals surface area (Å²) in [5.41, 5.74) is 1.57. The summed E-state index contributed by atoms with van der Waals surface area (Å²) in [5.74, 6) is 0. The SMILES string of the molecule is CCC1(CC)CNC(C)CN1Cc1cncc(Br)c1. The fourth-order valence-corrected chi connectivity index (χ4v) is 3.42. The molecule has 2 rings (SSSR count). The fraction of sp³-hybridized carbons (Fsp3) is 0.667. The van der Waals surface area contributed by atoms with Gasteiger partial charge in [0.05, 0.1) is 0 Å². The Balaban J connectivity index is 2.18. The van der Waals surface area contributed by atoms with Crippen molar-refractivity contribution < 1.29 is 0 Å². The average molecular weight is 326 g/mol. The topological polar surface area (TPSA) is 28.2 Å². The lowest BCUT2D eigenvalue weighted by Crippen LogP contribution is -2.63. The molecule has 0 aliphatic carbocycles. The molecular formula is C15H24BrN3. The van der Waals surface area contributed by atoms with Gasteiger partial charge in [0, 0.05) is 48.1 Å². The van der Waals surface area contributed by atoms with Crippen LogP contribution in [0.25, 0.3) is 0 Å². The number of rotatable bonds is 4. The highest BCUT2D eigenvalue weighted by Crippen LogP contribution is 2.28. The Morgan fingerprint density at radius 1 is 1.42 bits per heavy atom. The summed E-state index contributed by atoms with van der Waals surface area (Å²) in [6, 6.07) is 2.74. The minimum atomic E-state index is 0.287. The number of hydrogen-bond acceptors (Lipinski definition) is 3. The van der Waals surface area contributed by atoms with Gasteiger partial charge in [-0.05, 0) is 47.3 Å². The molecule has 106 valence electrons. The summed E-state index contributed by atoms with van der Waals surface area (Å²) >= 11 is 3.51. The number of aromatic nitrogens is 1. The van der Waals surface area contributed by atoms with Crippen LogP contribution in [-0.4, -0.2) is 34.6 Å².